The Bertz CT molecular complexity index is 702. The van der Waals surface area contributed by atoms with Gasteiger partial charge in [0.25, 0.3) is 5.91 Å². The number of carbonyl (C=O) groups excluding carboxylic acids is 2. The number of halogens is 1. The number of hydrogen-bond acceptors (Lipinski definition) is 3. The number of hydrogen-bond donors (Lipinski definition) is 2. The molecule has 5 nitrogen and oxygen atoms in total. The number of nitrogens with zero attached hydrogens (tertiary/aromatic N) is 1. The normalized spacial score (nSPS) is 18.1. The van der Waals surface area contributed by atoms with Gasteiger partial charge in [-0.25, -0.2) is 0 Å². The van der Waals surface area contributed by atoms with Crippen LogP contribution in [-0.2, 0) is 4.79 Å². The van der Waals surface area contributed by atoms with Gasteiger partial charge < -0.3 is 10.6 Å². The van der Waals surface area contributed by atoms with Crippen LogP contribution in [0.2, 0.25) is 0 Å². The third-order valence-corrected chi connectivity index (χ3v) is 3.76. The zero-order valence-corrected chi connectivity index (χ0v) is 12.1. The predicted octanol–water partition coefficient (Wildman–Crippen LogP) is 1.62. The van der Waals surface area contributed by atoms with Crippen LogP contribution in [0.1, 0.15) is 16.8 Å². The first-order chi connectivity index (χ1) is 9.63. The summed E-state index contributed by atoms with van der Waals surface area (Å²) in [4.78, 5) is 27.8. The molecule has 2 N–H and O–H groups in total. The van der Waals surface area contributed by atoms with Gasteiger partial charge in [0.1, 0.15) is 6.04 Å². The molecule has 1 aliphatic rings. The van der Waals surface area contributed by atoms with E-state index in [-0.39, 0.29) is 11.8 Å². The number of benzene rings is 1. The fourth-order valence-corrected chi connectivity index (χ4v) is 2.54. The van der Waals surface area contributed by atoms with Crippen LogP contribution >= 0.6 is 15.9 Å². The van der Waals surface area contributed by atoms with Gasteiger partial charge in [0.05, 0.1) is 11.1 Å². The van der Waals surface area contributed by atoms with Gasteiger partial charge in [0, 0.05) is 22.6 Å². The monoisotopic (exact) mass is 333 g/mol. The van der Waals surface area contributed by atoms with Gasteiger partial charge in [0.2, 0.25) is 5.91 Å². The summed E-state index contributed by atoms with van der Waals surface area (Å²) in [7, 11) is 0. The maximum atomic E-state index is 12.1. The van der Waals surface area contributed by atoms with Crippen molar-refractivity contribution in [1.82, 2.24) is 15.6 Å². The molecule has 0 aliphatic carbocycles. The average molecular weight is 334 g/mol. The number of pyridine rings is 1. The van der Waals surface area contributed by atoms with E-state index in [0.29, 0.717) is 18.5 Å². The Kier molecular flexibility index (Phi) is 3.40. The Hall–Kier alpha value is -1.95. The minimum atomic E-state index is -0.442. The van der Waals surface area contributed by atoms with Gasteiger partial charge >= 0.3 is 0 Å². The third-order valence-electron chi connectivity index (χ3n) is 3.26. The van der Waals surface area contributed by atoms with Gasteiger partial charge in [0.15, 0.2) is 0 Å². The summed E-state index contributed by atoms with van der Waals surface area (Å²) < 4.78 is 0.942. The van der Waals surface area contributed by atoms with Crippen LogP contribution in [0.4, 0.5) is 0 Å². The van der Waals surface area contributed by atoms with Crippen molar-refractivity contribution in [3.63, 3.8) is 0 Å². The zero-order valence-electron chi connectivity index (χ0n) is 10.5. The van der Waals surface area contributed by atoms with E-state index in [9.17, 15) is 9.59 Å². The zero-order chi connectivity index (χ0) is 14.1. The number of aromatic nitrogens is 1. The lowest BCUT2D eigenvalue weighted by Crippen LogP contribution is -2.40. The van der Waals surface area contributed by atoms with E-state index in [4.69, 9.17) is 0 Å². The highest BCUT2D eigenvalue weighted by Crippen LogP contribution is 2.19. The van der Waals surface area contributed by atoms with Crippen molar-refractivity contribution in [2.45, 2.75) is 12.5 Å². The first-order valence-corrected chi connectivity index (χ1v) is 7.07. The number of amides is 2. The molecule has 1 saturated heterocycles. The molecule has 1 fully saturated rings. The van der Waals surface area contributed by atoms with Crippen molar-refractivity contribution < 1.29 is 9.59 Å². The summed E-state index contributed by atoms with van der Waals surface area (Å²) in [6.45, 7) is 0.605. The van der Waals surface area contributed by atoms with Crippen LogP contribution in [-0.4, -0.2) is 29.4 Å². The van der Waals surface area contributed by atoms with Crippen molar-refractivity contribution in [3.05, 3.63) is 40.5 Å². The van der Waals surface area contributed by atoms with E-state index in [0.717, 1.165) is 15.4 Å². The van der Waals surface area contributed by atoms with Crippen molar-refractivity contribution in [2.24, 2.45) is 0 Å². The lowest BCUT2D eigenvalue weighted by molar-refractivity contribution is -0.120. The van der Waals surface area contributed by atoms with Crippen LogP contribution < -0.4 is 10.6 Å². The Balaban J connectivity index is 1.84. The number of fused-ring (bicyclic) bond motifs is 1. The van der Waals surface area contributed by atoms with Crippen molar-refractivity contribution in [3.8, 4) is 0 Å². The predicted molar refractivity (Wildman–Crippen MR) is 78.3 cm³/mol. The van der Waals surface area contributed by atoms with Gasteiger partial charge in [-0.2, -0.15) is 0 Å². The summed E-state index contributed by atoms with van der Waals surface area (Å²) in [6.07, 6.45) is 2.15. The van der Waals surface area contributed by atoms with Crippen LogP contribution in [0.25, 0.3) is 10.9 Å². The third kappa shape index (κ3) is 2.51. The summed E-state index contributed by atoms with van der Waals surface area (Å²) >= 11 is 3.38. The molecule has 0 spiro atoms. The molecule has 6 heteroatoms. The molecule has 1 aromatic heterocycles. The van der Waals surface area contributed by atoms with E-state index in [1.54, 1.807) is 6.07 Å². The molecule has 1 atom stereocenters. The van der Waals surface area contributed by atoms with Crippen LogP contribution in [0.15, 0.2) is 34.9 Å². The van der Waals surface area contributed by atoms with Gasteiger partial charge in [-0.1, -0.05) is 22.0 Å². The summed E-state index contributed by atoms with van der Waals surface area (Å²) in [6, 6.07) is 7.02. The van der Waals surface area contributed by atoms with Crippen LogP contribution in [0, 0.1) is 0 Å². The molecule has 20 heavy (non-hydrogen) atoms. The molecule has 1 aromatic carbocycles. The average Bonchev–Trinajstić information content (AvgIpc) is 2.83. The van der Waals surface area contributed by atoms with Gasteiger partial charge in [-0.05, 0) is 24.6 Å². The maximum absolute atomic E-state index is 12.1. The molecule has 1 aliphatic heterocycles. The van der Waals surface area contributed by atoms with E-state index >= 15 is 0 Å². The minimum Gasteiger partial charge on any atom is -0.354 e. The molecule has 0 unspecified atom stereocenters. The highest BCUT2D eigenvalue weighted by atomic mass is 79.9. The topological polar surface area (TPSA) is 71.1 Å². The van der Waals surface area contributed by atoms with E-state index in [1.165, 1.54) is 6.20 Å². The molecular formula is C14H12BrN3O2. The summed E-state index contributed by atoms with van der Waals surface area (Å²) in [5.74, 6) is -0.402. The van der Waals surface area contributed by atoms with Crippen molar-refractivity contribution >= 4 is 38.6 Å². The highest BCUT2D eigenvalue weighted by molar-refractivity contribution is 9.10. The molecule has 102 valence electrons. The van der Waals surface area contributed by atoms with E-state index in [1.807, 2.05) is 18.2 Å². The van der Waals surface area contributed by atoms with E-state index in [2.05, 4.69) is 31.5 Å². The highest BCUT2D eigenvalue weighted by Gasteiger charge is 2.25. The number of rotatable bonds is 2. The second kappa shape index (κ2) is 5.20. The second-order valence-corrected chi connectivity index (χ2v) is 5.58. The fourth-order valence-electron chi connectivity index (χ4n) is 2.19. The molecule has 0 radical (unpaired) electrons. The Labute approximate surface area is 123 Å². The lowest BCUT2D eigenvalue weighted by Gasteiger charge is -2.10. The Morgan fingerprint density at radius 2 is 2.25 bits per heavy atom. The largest absolute Gasteiger partial charge is 0.354 e. The number of nitrogens with one attached hydrogen (secondary N) is 2. The first-order valence-electron chi connectivity index (χ1n) is 6.27. The molecule has 2 heterocycles. The SMILES string of the molecule is O=C(N[C@H]1CCNC1=O)c1cnc2cc(Br)ccc2c1. The van der Waals surface area contributed by atoms with Crippen molar-refractivity contribution in [2.75, 3.05) is 6.54 Å². The molecule has 2 aromatic rings. The number of carbonyl (C=O) groups is 2. The second-order valence-electron chi connectivity index (χ2n) is 4.67. The fraction of sp³-hybridized carbons (Fsp3) is 0.214. The van der Waals surface area contributed by atoms with Gasteiger partial charge in [-0.3, -0.25) is 14.6 Å². The summed E-state index contributed by atoms with van der Waals surface area (Å²) in [5, 5.41) is 6.29. The standard InChI is InChI=1S/C14H12BrN3O2/c15-10-2-1-8-5-9(7-17-12(8)6-10)13(19)18-11-3-4-16-14(11)20/h1-2,5-7,11H,3-4H2,(H,16,20)(H,18,19)/t11-/m0/s1. The van der Waals surface area contributed by atoms with E-state index < -0.39 is 6.04 Å². The maximum Gasteiger partial charge on any atom is 0.253 e. The molecule has 0 bridgehead atoms. The quantitative estimate of drug-likeness (QED) is 0.877. The Morgan fingerprint density at radius 3 is 3.00 bits per heavy atom. The lowest BCUT2D eigenvalue weighted by atomic mass is 10.1. The summed E-state index contributed by atoms with van der Waals surface area (Å²) in [5.41, 5.74) is 1.27. The molecular weight excluding hydrogens is 322 g/mol. The van der Waals surface area contributed by atoms with Gasteiger partial charge in [-0.15, -0.1) is 0 Å². The van der Waals surface area contributed by atoms with Crippen molar-refractivity contribution in [1.29, 1.82) is 0 Å². The van der Waals surface area contributed by atoms with Crippen LogP contribution in [0.3, 0.4) is 0 Å². The smallest absolute Gasteiger partial charge is 0.253 e. The molecule has 0 saturated carbocycles. The minimum absolute atomic E-state index is 0.129. The molecule has 3 rings (SSSR count). The molecule has 2 amide bonds. The van der Waals surface area contributed by atoms with Crippen LogP contribution in [0.5, 0.6) is 0 Å². The first kappa shape index (κ1) is 13.1. The Morgan fingerprint density at radius 1 is 1.40 bits per heavy atom.